The molecule has 0 saturated heterocycles. The fourth-order valence-corrected chi connectivity index (χ4v) is 1.23. The summed E-state index contributed by atoms with van der Waals surface area (Å²) >= 11 is 1.49. The third-order valence-corrected chi connectivity index (χ3v) is 1.75. The molecule has 0 saturated carbocycles. The van der Waals surface area contributed by atoms with Crippen LogP contribution in [-0.2, 0) is 0 Å². The van der Waals surface area contributed by atoms with Gasteiger partial charge in [0.15, 0.2) is 0 Å². The number of nitrogens with zero attached hydrogens (tertiary/aromatic N) is 2. The van der Waals surface area contributed by atoms with Gasteiger partial charge < -0.3 is 5.73 Å². The second kappa shape index (κ2) is 3.30. The van der Waals surface area contributed by atoms with Gasteiger partial charge in [0.1, 0.15) is 0 Å². The lowest BCUT2D eigenvalue weighted by atomic mass is 10.2. The van der Waals surface area contributed by atoms with Crippen LogP contribution >= 0.6 is 11.3 Å². The van der Waals surface area contributed by atoms with Gasteiger partial charge in [0, 0.05) is 5.38 Å². The molecule has 0 aliphatic carbocycles. The van der Waals surface area contributed by atoms with E-state index in [-0.39, 0.29) is 6.04 Å². The first-order chi connectivity index (χ1) is 4.84. The number of hydrogen-bond acceptors (Lipinski definition) is 4. The third-order valence-electron chi connectivity index (χ3n) is 1.14. The van der Waals surface area contributed by atoms with Crippen molar-refractivity contribution in [1.29, 1.82) is 5.26 Å². The van der Waals surface area contributed by atoms with Crippen molar-refractivity contribution >= 4 is 11.3 Å². The van der Waals surface area contributed by atoms with Crippen LogP contribution in [0.2, 0.25) is 0 Å². The van der Waals surface area contributed by atoms with E-state index >= 15 is 0 Å². The first-order valence-electron chi connectivity index (χ1n) is 2.85. The number of nitrogens with two attached hydrogens (primary N) is 1. The Labute approximate surface area is 63.1 Å². The number of thiazole rings is 1. The van der Waals surface area contributed by atoms with Crippen molar-refractivity contribution in [3.63, 3.8) is 0 Å². The lowest BCUT2D eigenvalue weighted by molar-refractivity contribution is 0.726. The molecule has 52 valence electrons. The predicted molar refractivity (Wildman–Crippen MR) is 39.3 cm³/mol. The van der Waals surface area contributed by atoms with Gasteiger partial charge in [-0.15, -0.1) is 11.3 Å². The summed E-state index contributed by atoms with van der Waals surface area (Å²) in [5.41, 5.74) is 8.10. The van der Waals surface area contributed by atoms with Crippen LogP contribution in [0.5, 0.6) is 0 Å². The second-order valence-electron chi connectivity index (χ2n) is 1.88. The van der Waals surface area contributed by atoms with Crippen LogP contribution in [0, 0.1) is 11.3 Å². The molecule has 10 heavy (non-hydrogen) atoms. The Morgan fingerprint density at radius 1 is 1.90 bits per heavy atom. The zero-order valence-electron chi connectivity index (χ0n) is 5.32. The maximum Gasteiger partial charge on any atom is 0.0795 e. The highest BCUT2D eigenvalue weighted by molar-refractivity contribution is 7.07. The van der Waals surface area contributed by atoms with E-state index in [0.29, 0.717) is 6.42 Å². The Balaban J connectivity index is 2.61. The maximum atomic E-state index is 8.28. The molecule has 1 heterocycles. The Morgan fingerprint density at radius 3 is 3.20 bits per heavy atom. The molecule has 0 radical (unpaired) electrons. The number of hydrogen-bond donors (Lipinski definition) is 1. The van der Waals surface area contributed by atoms with Crippen LogP contribution in [0.15, 0.2) is 10.9 Å². The highest BCUT2D eigenvalue weighted by Gasteiger charge is 2.05. The second-order valence-corrected chi connectivity index (χ2v) is 2.60. The van der Waals surface area contributed by atoms with Gasteiger partial charge in [0.2, 0.25) is 0 Å². The van der Waals surface area contributed by atoms with Crippen molar-refractivity contribution in [2.24, 2.45) is 5.73 Å². The Kier molecular flexibility index (Phi) is 2.37. The van der Waals surface area contributed by atoms with Crippen molar-refractivity contribution < 1.29 is 0 Å². The van der Waals surface area contributed by atoms with Gasteiger partial charge in [-0.1, -0.05) is 0 Å². The minimum absolute atomic E-state index is 0.212. The van der Waals surface area contributed by atoms with E-state index in [1.165, 1.54) is 11.3 Å². The molecule has 3 nitrogen and oxygen atoms in total. The van der Waals surface area contributed by atoms with E-state index in [2.05, 4.69) is 4.98 Å². The minimum Gasteiger partial charge on any atom is -0.322 e. The fourth-order valence-electron chi connectivity index (χ4n) is 0.608. The molecule has 0 aliphatic heterocycles. The molecule has 0 bridgehead atoms. The molecular weight excluding hydrogens is 146 g/mol. The predicted octanol–water partition coefficient (Wildman–Crippen LogP) is 1.06. The van der Waals surface area contributed by atoms with E-state index in [0.717, 1.165) is 5.69 Å². The van der Waals surface area contributed by atoms with Crippen molar-refractivity contribution in [2.75, 3.05) is 0 Å². The highest BCUT2D eigenvalue weighted by atomic mass is 32.1. The molecule has 1 rings (SSSR count). The SMILES string of the molecule is N#CC[C@@H](N)c1cscn1. The summed E-state index contributed by atoms with van der Waals surface area (Å²) in [7, 11) is 0. The molecule has 0 spiro atoms. The van der Waals surface area contributed by atoms with Crippen LogP contribution in [0.4, 0.5) is 0 Å². The van der Waals surface area contributed by atoms with Crippen LogP contribution in [0.25, 0.3) is 0 Å². The normalized spacial score (nSPS) is 12.4. The van der Waals surface area contributed by atoms with Gasteiger partial charge in [-0.05, 0) is 0 Å². The van der Waals surface area contributed by atoms with Crippen LogP contribution in [0.1, 0.15) is 18.2 Å². The molecule has 1 atom stereocenters. The summed E-state index contributed by atoms with van der Waals surface area (Å²) in [6.45, 7) is 0. The standard InChI is InChI=1S/C6H7N3S/c7-2-1-5(8)6-3-10-4-9-6/h3-5H,1,8H2/t5-/m1/s1. The molecule has 0 aromatic carbocycles. The fraction of sp³-hybridized carbons (Fsp3) is 0.333. The number of aromatic nitrogens is 1. The number of rotatable bonds is 2. The minimum atomic E-state index is -0.212. The lowest BCUT2D eigenvalue weighted by Gasteiger charge is -2.00. The Bertz CT molecular complexity index is 224. The van der Waals surface area contributed by atoms with Crippen molar-refractivity contribution in [2.45, 2.75) is 12.5 Å². The zero-order valence-corrected chi connectivity index (χ0v) is 6.14. The summed E-state index contributed by atoms with van der Waals surface area (Å²) < 4.78 is 0. The summed E-state index contributed by atoms with van der Waals surface area (Å²) in [6, 6.07) is 1.78. The van der Waals surface area contributed by atoms with E-state index in [1.807, 2.05) is 11.4 Å². The van der Waals surface area contributed by atoms with Crippen LogP contribution in [0.3, 0.4) is 0 Å². The summed E-state index contributed by atoms with van der Waals surface area (Å²) in [4.78, 5) is 3.98. The van der Waals surface area contributed by atoms with Gasteiger partial charge >= 0.3 is 0 Å². The van der Waals surface area contributed by atoms with E-state index in [1.54, 1.807) is 5.51 Å². The number of nitriles is 1. The Morgan fingerprint density at radius 2 is 2.70 bits per heavy atom. The molecule has 2 N–H and O–H groups in total. The quantitative estimate of drug-likeness (QED) is 0.690. The largest absolute Gasteiger partial charge is 0.322 e. The summed E-state index contributed by atoms with van der Waals surface area (Å²) in [5, 5.41) is 10.1. The molecule has 0 unspecified atom stereocenters. The summed E-state index contributed by atoms with van der Waals surface area (Å²) in [5.74, 6) is 0. The smallest absolute Gasteiger partial charge is 0.0795 e. The third kappa shape index (κ3) is 1.53. The first-order valence-corrected chi connectivity index (χ1v) is 3.79. The molecule has 4 heteroatoms. The van der Waals surface area contributed by atoms with Gasteiger partial charge in [0.05, 0.1) is 29.7 Å². The van der Waals surface area contributed by atoms with Gasteiger partial charge in [-0.25, -0.2) is 4.98 Å². The molecular formula is C6H7N3S. The van der Waals surface area contributed by atoms with Crippen molar-refractivity contribution in [3.05, 3.63) is 16.6 Å². The molecule has 0 aliphatic rings. The van der Waals surface area contributed by atoms with Gasteiger partial charge in [-0.3, -0.25) is 0 Å². The average Bonchev–Trinajstić information content (AvgIpc) is 2.38. The highest BCUT2D eigenvalue weighted by Crippen LogP contribution is 2.12. The van der Waals surface area contributed by atoms with Gasteiger partial charge in [0.25, 0.3) is 0 Å². The lowest BCUT2D eigenvalue weighted by Crippen LogP contribution is -2.09. The molecule has 0 amide bonds. The Hall–Kier alpha value is -0.920. The first kappa shape index (κ1) is 7.19. The van der Waals surface area contributed by atoms with E-state index < -0.39 is 0 Å². The molecule has 1 aromatic heterocycles. The maximum absolute atomic E-state index is 8.28. The van der Waals surface area contributed by atoms with Crippen LogP contribution in [-0.4, -0.2) is 4.98 Å². The van der Waals surface area contributed by atoms with Crippen LogP contribution < -0.4 is 5.73 Å². The molecule has 1 aromatic rings. The van der Waals surface area contributed by atoms with Gasteiger partial charge in [-0.2, -0.15) is 5.26 Å². The zero-order chi connectivity index (χ0) is 7.40. The topological polar surface area (TPSA) is 62.7 Å². The average molecular weight is 153 g/mol. The van der Waals surface area contributed by atoms with Crippen molar-refractivity contribution in [1.82, 2.24) is 4.98 Å². The summed E-state index contributed by atoms with van der Waals surface area (Å²) in [6.07, 6.45) is 0.337. The van der Waals surface area contributed by atoms with E-state index in [9.17, 15) is 0 Å². The van der Waals surface area contributed by atoms with Crippen molar-refractivity contribution in [3.8, 4) is 6.07 Å². The molecule has 0 fully saturated rings. The monoisotopic (exact) mass is 153 g/mol. The van der Waals surface area contributed by atoms with E-state index in [4.69, 9.17) is 11.0 Å².